The van der Waals surface area contributed by atoms with Crippen LogP contribution in [0.2, 0.25) is 0 Å². The van der Waals surface area contributed by atoms with Crippen LogP contribution in [0.5, 0.6) is 0 Å². The van der Waals surface area contributed by atoms with E-state index >= 15 is 0 Å². The lowest BCUT2D eigenvalue weighted by Gasteiger charge is -2.35. The molecule has 0 aliphatic carbocycles. The highest BCUT2D eigenvalue weighted by atomic mass is 16.2. The van der Waals surface area contributed by atoms with Crippen LogP contribution in [0.15, 0.2) is 72.9 Å². The topological polar surface area (TPSA) is 23.6 Å². The number of nitrogens with zero attached hydrogens (tertiary/aromatic N) is 2. The van der Waals surface area contributed by atoms with Crippen LogP contribution in [0.25, 0.3) is 0 Å². The van der Waals surface area contributed by atoms with Gasteiger partial charge in [0.05, 0.1) is 11.7 Å². The van der Waals surface area contributed by atoms with E-state index in [0.717, 1.165) is 11.4 Å². The van der Waals surface area contributed by atoms with Crippen LogP contribution in [-0.2, 0) is 0 Å². The van der Waals surface area contributed by atoms with Crippen molar-refractivity contribution in [1.29, 1.82) is 0 Å². The highest BCUT2D eigenvalue weighted by Crippen LogP contribution is 2.26. The van der Waals surface area contributed by atoms with Crippen molar-refractivity contribution in [2.45, 2.75) is 13.0 Å². The second-order valence-corrected chi connectivity index (χ2v) is 4.78. The number of amides is 2. The molecule has 1 aliphatic rings. The molecule has 1 atom stereocenters. The highest BCUT2D eigenvalue weighted by molar-refractivity contribution is 6.06. The third-order valence-corrected chi connectivity index (χ3v) is 3.40. The summed E-state index contributed by atoms with van der Waals surface area (Å²) in [4.78, 5) is 16.2. The average molecular weight is 264 g/mol. The SMILES string of the molecule is CC1C=CN(c2ccccc2)C(=O)N1c1ccccc1. The molecule has 1 unspecified atom stereocenters. The Bertz CT molecular complexity index is 622. The Morgan fingerprint density at radius 2 is 1.40 bits per heavy atom. The van der Waals surface area contributed by atoms with Gasteiger partial charge in [0.25, 0.3) is 0 Å². The molecule has 0 saturated heterocycles. The Morgan fingerprint density at radius 3 is 2.00 bits per heavy atom. The van der Waals surface area contributed by atoms with Crippen LogP contribution < -0.4 is 9.80 Å². The number of para-hydroxylation sites is 2. The average Bonchev–Trinajstić information content (AvgIpc) is 2.49. The van der Waals surface area contributed by atoms with Crippen molar-refractivity contribution in [3.63, 3.8) is 0 Å². The molecule has 20 heavy (non-hydrogen) atoms. The third kappa shape index (κ3) is 2.18. The lowest BCUT2D eigenvalue weighted by atomic mass is 10.2. The molecule has 1 heterocycles. The Kier molecular flexibility index (Phi) is 3.25. The Labute approximate surface area is 118 Å². The summed E-state index contributed by atoms with van der Waals surface area (Å²) in [6.45, 7) is 2.02. The maximum absolute atomic E-state index is 12.7. The number of hydrogen-bond acceptors (Lipinski definition) is 1. The molecule has 0 saturated carbocycles. The zero-order valence-electron chi connectivity index (χ0n) is 11.3. The number of rotatable bonds is 2. The highest BCUT2D eigenvalue weighted by Gasteiger charge is 2.29. The van der Waals surface area contributed by atoms with Gasteiger partial charge in [-0.25, -0.2) is 4.79 Å². The van der Waals surface area contributed by atoms with E-state index in [1.54, 1.807) is 9.80 Å². The monoisotopic (exact) mass is 264 g/mol. The number of anilines is 2. The van der Waals surface area contributed by atoms with Crippen LogP contribution in [0.4, 0.5) is 16.2 Å². The first-order valence-corrected chi connectivity index (χ1v) is 6.68. The molecule has 2 amide bonds. The molecule has 2 aromatic carbocycles. The second-order valence-electron chi connectivity index (χ2n) is 4.78. The van der Waals surface area contributed by atoms with E-state index in [2.05, 4.69) is 0 Å². The molecule has 0 N–H and O–H groups in total. The Morgan fingerprint density at radius 1 is 0.850 bits per heavy atom. The van der Waals surface area contributed by atoms with Gasteiger partial charge in [-0.3, -0.25) is 9.80 Å². The summed E-state index contributed by atoms with van der Waals surface area (Å²) in [6, 6.07) is 19.4. The predicted molar refractivity (Wildman–Crippen MR) is 81.8 cm³/mol. The van der Waals surface area contributed by atoms with Crippen molar-refractivity contribution in [3.8, 4) is 0 Å². The van der Waals surface area contributed by atoms with Gasteiger partial charge in [0.2, 0.25) is 0 Å². The summed E-state index contributed by atoms with van der Waals surface area (Å²) >= 11 is 0. The minimum absolute atomic E-state index is 0.0302. The minimum atomic E-state index is -0.0302. The summed E-state index contributed by atoms with van der Waals surface area (Å²) in [6.07, 6.45) is 3.88. The van der Waals surface area contributed by atoms with Gasteiger partial charge in [-0.2, -0.15) is 0 Å². The number of urea groups is 1. The predicted octanol–water partition coefficient (Wildman–Crippen LogP) is 4.04. The van der Waals surface area contributed by atoms with Crippen molar-refractivity contribution in [1.82, 2.24) is 0 Å². The van der Waals surface area contributed by atoms with Gasteiger partial charge in [-0.1, -0.05) is 36.4 Å². The van der Waals surface area contributed by atoms with Gasteiger partial charge in [0.15, 0.2) is 0 Å². The first-order valence-electron chi connectivity index (χ1n) is 6.68. The van der Waals surface area contributed by atoms with Gasteiger partial charge in [0.1, 0.15) is 0 Å². The van der Waals surface area contributed by atoms with Gasteiger partial charge >= 0.3 is 6.03 Å². The first-order chi connectivity index (χ1) is 9.77. The molecule has 0 fully saturated rings. The number of carbonyl (C=O) groups is 1. The van der Waals surface area contributed by atoms with Gasteiger partial charge in [-0.05, 0) is 37.3 Å². The molecule has 0 bridgehead atoms. The van der Waals surface area contributed by atoms with Gasteiger partial charge in [-0.15, -0.1) is 0 Å². The standard InChI is InChI=1S/C17H16N2O/c1-14-12-13-18(15-8-4-2-5-9-15)17(20)19(14)16-10-6-3-7-11-16/h2-14H,1H3. The molecule has 3 heteroatoms. The van der Waals surface area contributed by atoms with Crippen molar-refractivity contribution in [3.05, 3.63) is 72.9 Å². The third-order valence-electron chi connectivity index (χ3n) is 3.40. The summed E-state index contributed by atoms with van der Waals surface area (Å²) in [7, 11) is 0. The fraction of sp³-hybridized carbons (Fsp3) is 0.118. The van der Waals surface area contributed by atoms with E-state index in [9.17, 15) is 4.79 Å². The Hall–Kier alpha value is -2.55. The molecule has 0 radical (unpaired) electrons. The molecule has 0 spiro atoms. The fourth-order valence-corrected chi connectivity index (χ4v) is 2.37. The van der Waals surface area contributed by atoms with Crippen molar-refractivity contribution in [2.24, 2.45) is 0 Å². The zero-order chi connectivity index (χ0) is 13.9. The van der Waals surface area contributed by atoms with Crippen LogP contribution >= 0.6 is 0 Å². The van der Waals surface area contributed by atoms with Crippen LogP contribution in [0.3, 0.4) is 0 Å². The van der Waals surface area contributed by atoms with E-state index in [4.69, 9.17) is 0 Å². The van der Waals surface area contributed by atoms with Crippen LogP contribution in [-0.4, -0.2) is 12.1 Å². The van der Waals surface area contributed by atoms with Gasteiger partial charge in [0, 0.05) is 11.9 Å². The number of hydrogen-bond donors (Lipinski definition) is 0. The summed E-state index contributed by atoms with van der Waals surface area (Å²) in [5.41, 5.74) is 1.79. The normalized spacial score (nSPS) is 18.4. The van der Waals surface area contributed by atoms with Crippen LogP contribution in [0.1, 0.15) is 6.92 Å². The largest absolute Gasteiger partial charge is 0.333 e. The van der Waals surface area contributed by atoms with Crippen molar-refractivity contribution < 1.29 is 4.79 Å². The van der Waals surface area contributed by atoms with Gasteiger partial charge < -0.3 is 0 Å². The number of carbonyl (C=O) groups excluding carboxylic acids is 1. The van der Waals surface area contributed by atoms with E-state index in [1.807, 2.05) is 79.9 Å². The maximum atomic E-state index is 12.7. The summed E-state index contributed by atoms with van der Waals surface area (Å²) in [5.74, 6) is 0. The smallest absolute Gasteiger partial charge is 0.287 e. The molecule has 1 aliphatic heterocycles. The molecular weight excluding hydrogens is 248 g/mol. The second kappa shape index (κ2) is 5.21. The zero-order valence-corrected chi connectivity index (χ0v) is 11.3. The van der Waals surface area contributed by atoms with E-state index < -0.39 is 0 Å². The van der Waals surface area contributed by atoms with Crippen LogP contribution in [0, 0.1) is 0 Å². The number of benzene rings is 2. The molecule has 3 rings (SSSR count). The molecule has 0 aromatic heterocycles. The first kappa shape index (κ1) is 12.5. The quantitative estimate of drug-likeness (QED) is 0.803. The molecule has 3 nitrogen and oxygen atoms in total. The minimum Gasteiger partial charge on any atom is -0.287 e. The maximum Gasteiger partial charge on any atom is 0.333 e. The van der Waals surface area contributed by atoms with E-state index in [1.165, 1.54) is 0 Å². The van der Waals surface area contributed by atoms with E-state index in [0.29, 0.717) is 0 Å². The lowest BCUT2D eigenvalue weighted by Crippen LogP contribution is -2.48. The molecule has 2 aromatic rings. The summed E-state index contributed by atoms with van der Waals surface area (Å²) in [5, 5.41) is 0. The molecular formula is C17H16N2O. The van der Waals surface area contributed by atoms with Crippen molar-refractivity contribution >= 4 is 17.4 Å². The van der Waals surface area contributed by atoms with Crippen molar-refractivity contribution in [2.75, 3.05) is 9.80 Å². The lowest BCUT2D eigenvalue weighted by molar-refractivity contribution is 0.251. The fourth-order valence-electron chi connectivity index (χ4n) is 2.37. The summed E-state index contributed by atoms with van der Waals surface area (Å²) < 4.78 is 0. The van der Waals surface area contributed by atoms with E-state index in [-0.39, 0.29) is 12.1 Å². The molecule has 100 valence electrons. The Balaban J connectivity index is 1.98.